The number of fused-ring (bicyclic) bond motifs is 1. The van der Waals surface area contributed by atoms with Crippen LogP contribution in [0.3, 0.4) is 0 Å². The minimum absolute atomic E-state index is 0.0237. The van der Waals surface area contributed by atoms with Gasteiger partial charge in [-0.3, -0.25) is 0 Å². The first-order valence-corrected chi connectivity index (χ1v) is 6.75. The highest BCUT2D eigenvalue weighted by molar-refractivity contribution is 6.30. The molecule has 0 fully saturated rings. The van der Waals surface area contributed by atoms with Crippen LogP contribution >= 0.6 is 11.6 Å². The predicted octanol–water partition coefficient (Wildman–Crippen LogP) is 3.71. The Hall–Kier alpha value is -0.730. The summed E-state index contributed by atoms with van der Waals surface area (Å²) < 4.78 is 5.71. The van der Waals surface area contributed by atoms with E-state index in [1.54, 1.807) is 0 Å². The molecule has 0 bridgehead atoms. The summed E-state index contributed by atoms with van der Waals surface area (Å²) in [5, 5.41) is 0.769. The largest absolute Gasteiger partial charge is 0.493 e. The van der Waals surface area contributed by atoms with Gasteiger partial charge in [-0.1, -0.05) is 38.3 Å². The normalized spacial score (nSPS) is 15.8. The molecule has 1 aromatic rings. The Morgan fingerprint density at radius 2 is 2.06 bits per heavy atom. The van der Waals surface area contributed by atoms with Crippen LogP contribution in [0.25, 0.3) is 0 Å². The number of benzene rings is 1. The zero-order valence-electron chi connectivity index (χ0n) is 10.5. The number of hydrogen-bond donors (Lipinski definition) is 1. The van der Waals surface area contributed by atoms with Crippen LogP contribution in [0.15, 0.2) is 12.1 Å². The zero-order chi connectivity index (χ0) is 12.4. The molecular formula is C14H20ClNO. The van der Waals surface area contributed by atoms with Crippen LogP contribution in [-0.4, -0.2) is 6.61 Å². The highest BCUT2D eigenvalue weighted by Crippen LogP contribution is 2.39. The molecule has 1 aromatic carbocycles. The van der Waals surface area contributed by atoms with Gasteiger partial charge in [0.15, 0.2) is 0 Å². The molecule has 1 unspecified atom stereocenters. The lowest BCUT2D eigenvalue weighted by atomic mass is 9.88. The number of halogens is 1. The number of nitrogens with two attached hydrogens (primary N) is 1. The molecule has 1 atom stereocenters. The monoisotopic (exact) mass is 253 g/mol. The van der Waals surface area contributed by atoms with Crippen molar-refractivity contribution >= 4 is 11.6 Å². The van der Waals surface area contributed by atoms with E-state index in [0.29, 0.717) is 5.92 Å². The van der Waals surface area contributed by atoms with Gasteiger partial charge in [-0.25, -0.2) is 0 Å². The van der Waals surface area contributed by atoms with Crippen molar-refractivity contribution in [2.75, 3.05) is 6.61 Å². The molecule has 2 N–H and O–H groups in total. The van der Waals surface area contributed by atoms with Crippen molar-refractivity contribution in [3.05, 3.63) is 28.3 Å². The zero-order valence-corrected chi connectivity index (χ0v) is 11.3. The fraction of sp³-hybridized carbons (Fsp3) is 0.571. The molecule has 94 valence electrons. The van der Waals surface area contributed by atoms with E-state index in [9.17, 15) is 0 Å². The molecule has 1 aliphatic heterocycles. The summed E-state index contributed by atoms with van der Waals surface area (Å²) in [5.41, 5.74) is 8.65. The molecule has 2 nitrogen and oxygen atoms in total. The second-order valence-corrected chi connectivity index (χ2v) is 5.12. The Morgan fingerprint density at radius 3 is 2.71 bits per heavy atom. The van der Waals surface area contributed by atoms with E-state index < -0.39 is 0 Å². The van der Waals surface area contributed by atoms with Crippen LogP contribution < -0.4 is 10.5 Å². The standard InChI is InChI=1S/C14H20ClNO/c1-3-9(4-2)13(16)12-8-11(15)7-10-5-6-17-14(10)12/h7-9,13H,3-6,16H2,1-2H3. The van der Waals surface area contributed by atoms with Gasteiger partial charge in [-0.2, -0.15) is 0 Å². The van der Waals surface area contributed by atoms with E-state index in [-0.39, 0.29) is 6.04 Å². The van der Waals surface area contributed by atoms with Gasteiger partial charge >= 0.3 is 0 Å². The lowest BCUT2D eigenvalue weighted by molar-refractivity contribution is 0.339. The first kappa shape index (κ1) is 12.7. The molecule has 1 aliphatic rings. The minimum Gasteiger partial charge on any atom is -0.493 e. The van der Waals surface area contributed by atoms with Crippen LogP contribution in [0.4, 0.5) is 0 Å². The average Bonchev–Trinajstić information content (AvgIpc) is 2.77. The molecule has 1 heterocycles. The van der Waals surface area contributed by atoms with Crippen molar-refractivity contribution in [3.8, 4) is 5.75 Å². The molecule has 0 saturated carbocycles. The molecule has 0 amide bonds. The van der Waals surface area contributed by atoms with Crippen molar-refractivity contribution in [1.82, 2.24) is 0 Å². The third kappa shape index (κ3) is 2.43. The van der Waals surface area contributed by atoms with E-state index in [2.05, 4.69) is 13.8 Å². The van der Waals surface area contributed by atoms with Gasteiger partial charge in [0.1, 0.15) is 5.75 Å². The minimum atomic E-state index is 0.0237. The highest BCUT2D eigenvalue weighted by atomic mass is 35.5. The fourth-order valence-electron chi connectivity index (χ4n) is 2.60. The van der Waals surface area contributed by atoms with Crippen LogP contribution in [0, 0.1) is 5.92 Å². The van der Waals surface area contributed by atoms with E-state index >= 15 is 0 Å². The molecule has 17 heavy (non-hydrogen) atoms. The van der Waals surface area contributed by atoms with Crippen LogP contribution in [0.1, 0.15) is 43.9 Å². The predicted molar refractivity (Wildman–Crippen MR) is 71.7 cm³/mol. The van der Waals surface area contributed by atoms with Crippen LogP contribution in [0.2, 0.25) is 5.02 Å². The van der Waals surface area contributed by atoms with Gasteiger partial charge < -0.3 is 10.5 Å². The first-order chi connectivity index (χ1) is 8.17. The lowest BCUT2D eigenvalue weighted by Crippen LogP contribution is -2.21. The second kappa shape index (κ2) is 5.28. The Morgan fingerprint density at radius 1 is 1.35 bits per heavy atom. The second-order valence-electron chi connectivity index (χ2n) is 4.68. The molecular weight excluding hydrogens is 234 g/mol. The van der Waals surface area contributed by atoms with Crippen LogP contribution in [0.5, 0.6) is 5.75 Å². The SMILES string of the molecule is CCC(CC)C(N)c1cc(Cl)cc2c1OCC2. The van der Waals surface area contributed by atoms with Crippen molar-refractivity contribution in [1.29, 1.82) is 0 Å². The maximum Gasteiger partial charge on any atom is 0.127 e. The fourth-order valence-corrected chi connectivity index (χ4v) is 2.85. The van der Waals surface area contributed by atoms with E-state index in [0.717, 1.165) is 42.2 Å². The number of rotatable bonds is 4. The van der Waals surface area contributed by atoms with E-state index in [1.807, 2.05) is 12.1 Å². The first-order valence-electron chi connectivity index (χ1n) is 6.38. The van der Waals surface area contributed by atoms with Gasteiger partial charge in [0.2, 0.25) is 0 Å². The van der Waals surface area contributed by atoms with Crippen molar-refractivity contribution in [3.63, 3.8) is 0 Å². The van der Waals surface area contributed by atoms with E-state index in [1.165, 1.54) is 5.56 Å². The van der Waals surface area contributed by atoms with Crippen molar-refractivity contribution in [2.45, 2.75) is 39.2 Å². The smallest absolute Gasteiger partial charge is 0.127 e. The van der Waals surface area contributed by atoms with Gasteiger partial charge in [0.05, 0.1) is 6.61 Å². The Bertz CT molecular complexity index is 401. The molecule has 2 rings (SSSR count). The maximum atomic E-state index is 6.36. The summed E-state index contributed by atoms with van der Waals surface area (Å²) in [6, 6.07) is 3.98. The third-order valence-electron chi connectivity index (χ3n) is 3.69. The van der Waals surface area contributed by atoms with Crippen molar-refractivity contribution in [2.24, 2.45) is 11.7 Å². The van der Waals surface area contributed by atoms with Gasteiger partial charge in [-0.15, -0.1) is 0 Å². The summed E-state index contributed by atoms with van der Waals surface area (Å²) in [6.45, 7) is 5.11. The summed E-state index contributed by atoms with van der Waals surface area (Å²) in [6.07, 6.45) is 3.11. The molecule has 0 aromatic heterocycles. The van der Waals surface area contributed by atoms with Crippen molar-refractivity contribution < 1.29 is 4.74 Å². The molecule has 0 aliphatic carbocycles. The number of ether oxygens (including phenoxy) is 1. The molecule has 0 radical (unpaired) electrons. The van der Waals surface area contributed by atoms with E-state index in [4.69, 9.17) is 22.1 Å². The third-order valence-corrected chi connectivity index (χ3v) is 3.91. The summed E-state index contributed by atoms with van der Waals surface area (Å²) in [7, 11) is 0. The Balaban J connectivity index is 2.38. The lowest BCUT2D eigenvalue weighted by Gasteiger charge is -2.23. The average molecular weight is 254 g/mol. The summed E-state index contributed by atoms with van der Waals surface area (Å²) in [5.74, 6) is 1.47. The Kier molecular flexibility index (Phi) is 3.95. The molecule has 0 saturated heterocycles. The summed E-state index contributed by atoms with van der Waals surface area (Å²) in [4.78, 5) is 0. The highest BCUT2D eigenvalue weighted by Gasteiger charge is 2.25. The van der Waals surface area contributed by atoms with Gasteiger partial charge in [0, 0.05) is 23.0 Å². The maximum absolute atomic E-state index is 6.36. The quantitative estimate of drug-likeness (QED) is 0.888. The topological polar surface area (TPSA) is 35.2 Å². The Labute approximate surface area is 108 Å². The molecule has 3 heteroatoms. The summed E-state index contributed by atoms with van der Waals surface area (Å²) >= 11 is 6.15. The number of hydrogen-bond acceptors (Lipinski definition) is 2. The van der Waals surface area contributed by atoms with Gasteiger partial charge in [0.25, 0.3) is 0 Å². The molecule has 0 spiro atoms. The van der Waals surface area contributed by atoms with Crippen LogP contribution in [-0.2, 0) is 6.42 Å². The van der Waals surface area contributed by atoms with Gasteiger partial charge in [-0.05, 0) is 23.6 Å².